The molecule has 4 nitrogen and oxygen atoms in total. The number of carbonyl (C=O) groups excluding carboxylic acids is 1. The van der Waals surface area contributed by atoms with Crippen LogP contribution in [-0.2, 0) is 24.9 Å². The maximum atomic E-state index is 10.0. The number of fused-ring (bicyclic) bond motifs is 3. The molecule has 0 saturated carbocycles. The van der Waals surface area contributed by atoms with Crippen molar-refractivity contribution in [3.8, 4) is 11.3 Å². The smallest absolute Gasteiger partial charge is 0.155 e. The largest absolute Gasteiger partial charge is 0.512 e. The van der Waals surface area contributed by atoms with Gasteiger partial charge in [-0.25, -0.2) is 4.98 Å². The number of aromatic nitrogens is 2. The average molecular weight is 604 g/mol. The molecule has 0 atom stereocenters. The summed E-state index contributed by atoms with van der Waals surface area (Å²) >= 11 is 0. The first kappa shape index (κ1) is 25.4. The Bertz CT molecular complexity index is 1300. The molecule has 1 radical (unpaired) electrons. The minimum Gasteiger partial charge on any atom is -0.512 e. The number of nitrogens with zero attached hydrogens (tertiary/aromatic N) is 2. The van der Waals surface area contributed by atoms with Crippen molar-refractivity contribution in [3.05, 3.63) is 82.9 Å². The Labute approximate surface area is 202 Å². The van der Waals surface area contributed by atoms with Crippen molar-refractivity contribution in [2.45, 2.75) is 41.5 Å². The van der Waals surface area contributed by atoms with Crippen LogP contribution < -0.4 is 0 Å². The van der Waals surface area contributed by atoms with E-state index in [0.717, 1.165) is 33.5 Å². The topological polar surface area (TPSA) is 63.1 Å². The third kappa shape index (κ3) is 5.87. The van der Waals surface area contributed by atoms with Crippen molar-refractivity contribution in [1.82, 2.24) is 9.97 Å². The zero-order valence-electron chi connectivity index (χ0n) is 19.2. The van der Waals surface area contributed by atoms with Crippen LogP contribution in [0.15, 0.2) is 54.3 Å². The van der Waals surface area contributed by atoms with Gasteiger partial charge in [-0.15, -0.1) is 34.9 Å². The number of allylic oxidation sites excluding steroid dienone is 2. The summed E-state index contributed by atoms with van der Waals surface area (Å²) in [5.74, 6) is 0.730. The van der Waals surface area contributed by atoms with Crippen LogP contribution in [0.2, 0.25) is 0 Å². The van der Waals surface area contributed by atoms with Gasteiger partial charge in [0.05, 0.1) is 11.3 Å². The zero-order valence-corrected chi connectivity index (χ0v) is 21.6. The SMILES string of the molecule is CC(=O)/C=C(/C)O.Cc1[c-]c(-c2nc(C)nc3c2ccc2cccc(C)c23)cc(C)c1.[Ir]. The Balaban J connectivity index is 0.000000398. The summed E-state index contributed by atoms with van der Waals surface area (Å²) in [5.41, 5.74) is 6.63. The van der Waals surface area contributed by atoms with E-state index in [1.807, 2.05) is 6.92 Å². The van der Waals surface area contributed by atoms with Crippen molar-refractivity contribution in [2.75, 3.05) is 0 Å². The van der Waals surface area contributed by atoms with Crippen molar-refractivity contribution >= 4 is 27.5 Å². The molecule has 1 aromatic heterocycles. The molecule has 0 aliphatic carbocycles. The number of hydrogen-bond acceptors (Lipinski definition) is 4. The molecule has 32 heavy (non-hydrogen) atoms. The van der Waals surface area contributed by atoms with E-state index in [4.69, 9.17) is 15.1 Å². The maximum absolute atomic E-state index is 10.0. The van der Waals surface area contributed by atoms with Crippen LogP contribution in [0.3, 0.4) is 0 Å². The first-order chi connectivity index (χ1) is 14.7. The van der Waals surface area contributed by atoms with Gasteiger partial charge >= 0.3 is 0 Å². The minimum absolute atomic E-state index is 0. The number of ketones is 1. The normalized spacial score (nSPS) is 11.0. The fraction of sp³-hybridized carbons (Fsp3) is 0.222. The second kappa shape index (κ2) is 10.6. The summed E-state index contributed by atoms with van der Waals surface area (Å²) in [7, 11) is 0. The van der Waals surface area contributed by atoms with Crippen LogP contribution in [0.25, 0.3) is 32.9 Å². The van der Waals surface area contributed by atoms with Crippen LogP contribution in [0.1, 0.15) is 36.4 Å². The first-order valence-electron chi connectivity index (χ1n) is 10.2. The van der Waals surface area contributed by atoms with Gasteiger partial charge in [0, 0.05) is 31.6 Å². The second-order valence-electron chi connectivity index (χ2n) is 7.90. The van der Waals surface area contributed by atoms with Crippen molar-refractivity contribution in [1.29, 1.82) is 0 Å². The zero-order chi connectivity index (χ0) is 22.7. The van der Waals surface area contributed by atoms with Crippen LogP contribution in [0.5, 0.6) is 0 Å². The first-order valence-corrected chi connectivity index (χ1v) is 10.2. The molecule has 4 rings (SSSR count). The Morgan fingerprint density at radius 1 is 1.00 bits per heavy atom. The third-order valence-corrected chi connectivity index (χ3v) is 4.84. The van der Waals surface area contributed by atoms with Crippen LogP contribution in [0, 0.1) is 33.8 Å². The molecule has 0 unspecified atom stereocenters. The summed E-state index contributed by atoms with van der Waals surface area (Å²) in [6.07, 6.45) is 1.17. The molecule has 0 spiro atoms. The molecule has 0 saturated heterocycles. The van der Waals surface area contributed by atoms with Crippen molar-refractivity contribution < 1.29 is 30.0 Å². The van der Waals surface area contributed by atoms with E-state index in [1.54, 1.807) is 0 Å². The molecule has 0 aliphatic heterocycles. The van der Waals surface area contributed by atoms with Crippen LogP contribution in [-0.4, -0.2) is 20.9 Å². The number of hydrogen-bond donors (Lipinski definition) is 1. The Morgan fingerprint density at radius 2 is 1.72 bits per heavy atom. The van der Waals surface area contributed by atoms with E-state index in [1.165, 1.54) is 41.8 Å². The quantitative estimate of drug-likeness (QED) is 0.123. The van der Waals surface area contributed by atoms with Gasteiger partial charge in [-0.05, 0) is 49.7 Å². The van der Waals surface area contributed by atoms with E-state index in [2.05, 4.69) is 69.3 Å². The number of carbonyl (C=O) groups is 1. The molecule has 1 heterocycles. The number of aryl methyl sites for hydroxylation is 4. The predicted molar refractivity (Wildman–Crippen MR) is 127 cm³/mol. The minimum atomic E-state index is -0.125. The number of aliphatic hydroxyl groups is 1. The third-order valence-electron chi connectivity index (χ3n) is 4.84. The van der Waals surface area contributed by atoms with Gasteiger partial charge in [-0.3, -0.25) is 9.78 Å². The fourth-order valence-electron chi connectivity index (χ4n) is 3.78. The molecule has 5 heteroatoms. The van der Waals surface area contributed by atoms with E-state index < -0.39 is 0 Å². The maximum Gasteiger partial charge on any atom is 0.155 e. The summed E-state index contributed by atoms with van der Waals surface area (Å²) in [6, 6.07) is 18.4. The summed E-state index contributed by atoms with van der Waals surface area (Å²) < 4.78 is 0. The molecule has 0 aliphatic rings. The Hall–Kier alpha value is -2.88. The standard InChI is InChI=1S/C22H19N2.C5H8O2.Ir/c1-13-10-14(2)12-18(11-13)21-19-9-8-17-7-5-6-15(3)20(17)22(19)24-16(4)23-21;1-4(6)3-5(2)7;/h5-11H,1-4H3;3,6H,1-2H3;/q-1;;/b;4-3-;. The average Bonchev–Trinajstić information content (AvgIpc) is 2.65. The van der Waals surface area contributed by atoms with Gasteiger partial charge in [0.25, 0.3) is 0 Å². The number of benzene rings is 3. The van der Waals surface area contributed by atoms with Gasteiger partial charge in [0.1, 0.15) is 5.82 Å². The Kier molecular flexibility index (Phi) is 8.43. The second-order valence-corrected chi connectivity index (χ2v) is 7.90. The van der Waals surface area contributed by atoms with Crippen molar-refractivity contribution in [2.24, 2.45) is 0 Å². The van der Waals surface area contributed by atoms with E-state index >= 15 is 0 Å². The molecular weight excluding hydrogens is 577 g/mol. The predicted octanol–water partition coefficient (Wildman–Crippen LogP) is 6.52. The summed E-state index contributed by atoms with van der Waals surface area (Å²) in [6.45, 7) is 11.1. The van der Waals surface area contributed by atoms with Gasteiger partial charge < -0.3 is 5.11 Å². The van der Waals surface area contributed by atoms with Crippen LogP contribution >= 0.6 is 0 Å². The molecule has 0 fully saturated rings. The van der Waals surface area contributed by atoms with Crippen LogP contribution in [0.4, 0.5) is 0 Å². The number of aliphatic hydroxyl groups excluding tert-OH is 1. The molecule has 3 aromatic carbocycles. The van der Waals surface area contributed by atoms with Gasteiger partial charge in [0.15, 0.2) is 5.78 Å². The fourth-order valence-corrected chi connectivity index (χ4v) is 3.78. The molecule has 0 bridgehead atoms. The monoisotopic (exact) mass is 604 g/mol. The van der Waals surface area contributed by atoms with E-state index in [0.29, 0.717) is 0 Å². The molecule has 167 valence electrons. The van der Waals surface area contributed by atoms with E-state index in [9.17, 15) is 4.79 Å². The molecule has 0 amide bonds. The molecular formula is C27H27IrN2O2-. The summed E-state index contributed by atoms with van der Waals surface area (Å²) in [4.78, 5) is 19.5. The Morgan fingerprint density at radius 3 is 2.31 bits per heavy atom. The van der Waals surface area contributed by atoms with Gasteiger partial charge in [-0.2, -0.15) is 0 Å². The molecule has 4 aromatic rings. The van der Waals surface area contributed by atoms with Gasteiger partial charge in [-0.1, -0.05) is 44.2 Å². The molecule has 1 N–H and O–H groups in total. The summed E-state index contributed by atoms with van der Waals surface area (Å²) in [5, 5.41) is 11.9. The number of rotatable bonds is 2. The van der Waals surface area contributed by atoms with E-state index in [-0.39, 0.29) is 31.6 Å². The van der Waals surface area contributed by atoms with Crippen molar-refractivity contribution in [3.63, 3.8) is 0 Å². The van der Waals surface area contributed by atoms with Gasteiger partial charge in [0.2, 0.25) is 0 Å².